The highest BCUT2D eigenvalue weighted by Crippen LogP contribution is 2.31. The molecule has 3 aromatic rings. The standard InChI is InChI=1S/C23H25N5O5S/c1-14-8-22(28-23(9-14)34(3,30)31)27-20-10-21(26-15(2)29)25-12-18(20)19-5-4-16(11-24-19)33-17-6-7-32-13-17/h4-5,8-12,17H,6-7,13H2,1-3H3,(H2,25,26,27,28,29). The van der Waals surface area contributed by atoms with E-state index < -0.39 is 9.84 Å². The van der Waals surface area contributed by atoms with Gasteiger partial charge < -0.3 is 20.1 Å². The number of carbonyl (C=O) groups is 1. The molecule has 1 amide bonds. The Morgan fingerprint density at radius 1 is 1.15 bits per heavy atom. The topological polar surface area (TPSA) is 132 Å². The van der Waals surface area contributed by atoms with Gasteiger partial charge in [0.1, 0.15) is 23.5 Å². The number of aryl methyl sites for hydroxylation is 1. The molecular formula is C23H25N5O5S. The molecule has 10 nitrogen and oxygen atoms in total. The Bertz CT molecular complexity index is 1310. The highest BCUT2D eigenvalue weighted by molar-refractivity contribution is 7.90. The highest BCUT2D eigenvalue weighted by atomic mass is 32.2. The average Bonchev–Trinajstić information content (AvgIpc) is 3.26. The average molecular weight is 484 g/mol. The Hall–Kier alpha value is -3.57. The molecule has 3 aromatic heterocycles. The molecule has 1 atom stereocenters. The quantitative estimate of drug-likeness (QED) is 0.520. The van der Waals surface area contributed by atoms with Crippen molar-refractivity contribution in [2.45, 2.75) is 31.4 Å². The van der Waals surface area contributed by atoms with Crippen molar-refractivity contribution < 1.29 is 22.7 Å². The highest BCUT2D eigenvalue weighted by Gasteiger charge is 2.18. The number of hydrogen-bond donors (Lipinski definition) is 2. The lowest BCUT2D eigenvalue weighted by atomic mass is 10.1. The van der Waals surface area contributed by atoms with Gasteiger partial charge >= 0.3 is 0 Å². The largest absolute Gasteiger partial charge is 0.486 e. The predicted molar refractivity (Wildman–Crippen MR) is 127 cm³/mol. The van der Waals surface area contributed by atoms with E-state index >= 15 is 0 Å². The number of ether oxygens (including phenoxy) is 2. The predicted octanol–water partition coefficient (Wildman–Crippen LogP) is 3.12. The minimum atomic E-state index is -3.50. The summed E-state index contributed by atoms with van der Waals surface area (Å²) in [5.41, 5.74) is 2.51. The van der Waals surface area contributed by atoms with Crippen LogP contribution in [0.1, 0.15) is 18.9 Å². The van der Waals surface area contributed by atoms with Crippen LogP contribution in [0.3, 0.4) is 0 Å². The van der Waals surface area contributed by atoms with E-state index in [-0.39, 0.29) is 17.0 Å². The number of carbonyl (C=O) groups excluding carboxylic acids is 1. The second kappa shape index (κ2) is 9.74. The van der Waals surface area contributed by atoms with E-state index in [9.17, 15) is 13.2 Å². The van der Waals surface area contributed by atoms with Crippen LogP contribution in [0.5, 0.6) is 5.75 Å². The van der Waals surface area contributed by atoms with Gasteiger partial charge in [-0.3, -0.25) is 9.78 Å². The van der Waals surface area contributed by atoms with Gasteiger partial charge in [0.05, 0.1) is 30.8 Å². The van der Waals surface area contributed by atoms with Crippen LogP contribution in [0, 0.1) is 6.92 Å². The van der Waals surface area contributed by atoms with Crippen molar-refractivity contribution in [1.82, 2.24) is 15.0 Å². The molecule has 178 valence electrons. The smallest absolute Gasteiger partial charge is 0.222 e. The van der Waals surface area contributed by atoms with Crippen LogP contribution < -0.4 is 15.4 Å². The summed E-state index contributed by atoms with van der Waals surface area (Å²) < 4.78 is 35.3. The monoisotopic (exact) mass is 483 g/mol. The zero-order valence-electron chi connectivity index (χ0n) is 19.0. The molecule has 0 bridgehead atoms. The number of anilines is 3. The fourth-order valence-electron chi connectivity index (χ4n) is 3.45. The molecule has 0 radical (unpaired) electrons. The maximum Gasteiger partial charge on any atom is 0.222 e. The number of aromatic nitrogens is 3. The third-order valence-corrected chi connectivity index (χ3v) is 5.97. The van der Waals surface area contributed by atoms with Gasteiger partial charge in [0.25, 0.3) is 0 Å². The summed E-state index contributed by atoms with van der Waals surface area (Å²) in [6.45, 7) is 4.42. The minimum absolute atomic E-state index is 0.0138. The van der Waals surface area contributed by atoms with Crippen LogP contribution >= 0.6 is 0 Å². The number of pyridine rings is 3. The van der Waals surface area contributed by atoms with Gasteiger partial charge in [-0.15, -0.1) is 0 Å². The Kier molecular flexibility index (Phi) is 6.75. The third kappa shape index (κ3) is 5.86. The lowest BCUT2D eigenvalue weighted by Gasteiger charge is -2.15. The van der Waals surface area contributed by atoms with Gasteiger partial charge in [-0.1, -0.05) is 0 Å². The molecule has 2 N–H and O–H groups in total. The van der Waals surface area contributed by atoms with Crippen molar-refractivity contribution in [1.29, 1.82) is 0 Å². The molecule has 1 aliphatic rings. The Labute approximate surface area is 197 Å². The molecule has 1 saturated heterocycles. The molecule has 1 unspecified atom stereocenters. The van der Waals surface area contributed by atoms with E-state index in [4.69, 9.17) is 9.47 Å². The summed E-state index contributed by atoms with van der Waals surface area (Å²) in [7, 11) is -3.50. The first kappa shape index (κ1) is 23.6. The second-order valence-electron chi connectivity index (χ2n) is 8.04. The van der Waals surface area contributed by atoms with Crippen molar-refractivity contribution in [3.8, 4) is 17.0 Å². The summed E-state index contributed by atoms with van der Waals surface area (Å²) in [4.78, 5) is 24.6. The van der Waals surface area contributed by atoms with Gasteiger partial charge in [0.15, 0.2) is 14.9 Å². The van der Waals surface area contributed by atoms with Gasteiger partial charge in [-0.25, -0.2) is 18.4 Å². The van der Waals surface area contributed by atoms with Crippen LogP contribution in [0.15, 0.2) is 47.8 Å². The van der Waals surface area contributed by atoms with E-state index in [0.29, 0.717) is 47.5 Å². The van der Waals surface area contributed by atoms with Crippen LogP contribution in [-0.2, 0) is 19.4 Å². The molecule has 0 aromatic carbocycles. The maximum absolute atomic E-state index is 12.0. The lowest BCUT2D eigenvalue weighted by molar-refractivity contribution is -0.114. The second-order valence-corrected chi connectivity index (χ2v) is 10.0. The molecule has 0 aliphatic carbocycles. The Morgan fingerprint density at radius 2 is 1.97 bits per heavy atom. The van der Waals surface area contributed by atoms with Crippen molar-refractivity contribution in [2.75, 3.05) is 30.1 Å². The van der Waals surface area contributed by atoms with Crippen molar-refractivity contribution >= 4 is 33.1 Å². The van der Waals surface area contributed by atoms with E-state index in [1.54, 1.807) is 37.5 Å². The summed E-state index contributed by atoms with van der Waals surface area (Å²) in [6.07, 6.45) is 5.17. The molecule has 11 heteroatoms. The maximum atomic E-state index is 12.0. The first-order chi connectivity index (χ1) is 16.2. The SMILES string of the molecule is CC(=O)Nc1cc(Nc2cc(C)cc(S(C)(=O)=O)n2)c(-c2ccc(OC3CCOC3)cn2)cn1. The number of nitrogens with zero attached hydrogens (tertiary/aromatic N) is 3. The van der Waals surface area contributed by atoms with E-state index in [1.165, 1.54) is 13.0 Å². The number of rotatable bonds is 7. The Balaban J connectivity index is 1.68. The molecule has 1 fully saturated rings. The van der Waals surface area contributed by atoms with E-state index in [0.717, 1.165) is 18.2 Å². The minimum Gasteiger partial charge on any atom is -0.486 e. The molecule has 0 spiro atoms. The summed E-state index contributed by atoms with van der Waals surface area (Å²) in [5.74, 6) is 1.03. The Morgan fingerprint density at radius 3 is 2.62 bits per heavy atom. The molecule has 0 saturated carbocycles. The first-order valence-electron chi connectivity index (χ1n) is 10.6. The van der Waals surface area contributed by atoms with Gasteiger partial charge in [-0.2, -0.15) is 0 Å². The van der Waals surface area contributed by atoms with E-state index in [2.05, 4.69) is 25.6 Å². The normalized spacial score (nSPS) is 15.7. The van der Waals surface area contributed by atoms with E-state index in [1.807, 2.05) is 6.07 Å². The summed E-state index contributed by atoms with van der Waals surface area (Å²) >= 11 is 0. The molecule has 1 aliphatic heterocycles. The lowest BCUT2D eigenvalue weighted by Crippen LogP contribution is -2.15. The fraction of sp³-hybridized carbons (Fsp3) is 0.304. The van der Waals surface area contributed by atoms with Crippen molar-refractivity contribution in [3.05, 3.63) is 48.3 Å². The number of hydrogen-bond acceptors (Lipinski definition) is 9. The third-order valence-electron chi connectivity index (χ3n) is 5.00. The molecule has 34 heavy (non-hydrogen) atoms. The van der Waals surface area contributed by atoms with Gasteiger partial charge in [0.2, 0.25) is 5.91 Å². The number of sulfone groups is 1. The van der Waals surface area contributed by atoms with Gasteiger partial charge in [0, 0.05) is 37.4 Å². The zero-order chi connectivity index (χ0) is 24.3. The molecular weight excluding hydrogens is 458 g/mol. The van der Waals surface area contributed by atoms with Crippen LogP contribution in [0.4, 0.5) is 17.3 Å². The number of nitrogens with one attached hydrogen (secondary N) is 2. The van der Waals surface area contributed by atoms with Crippen LogP contribution in [0.2, 0.25) is 0 Å². The summed E-state index contributed by atoms with van der Waals surface area (Å²) in [6, 6.07) is 8.50. The van der Waals surface area contributed by atoms with Crippen molar-refractivity contribution in [2.24, 2.45) is 0 Å². The molecule has 4 rings (SSSR count). The van der Waals surface area contributed by atoms with Crippen LogP contribution in [-0.4, -0.2) is 54.9 Å². The van der Waals surface area contributed by atoms with Crippen LogP contribution in [0.25, 0.3) is 11.3 Å². The van der Waals surface area contributed by atoms with Crippen molar-refractivity contribution in [3.63, 3.8) is 0 Å². The zero-order valence-corrected chi connectivity index (χ0v) is 19.8. The fourth-order valence-corrected chi connectivity index (χ4v) is 4.11. The summed E-state index contributed by atoms with van der Waals surface area (Å²) in [5, 5.41) is 5.77. The van der Waals surface area contributed by atoms with Gasteiger partial charge in [-0.05, 0) is 36.8 Å². The first-order valence-corrected chi connectivity index (χ1v) is 12.5. The molecule has 4 heterocycles. The number of amides is 1.